The van der Waals surface area contributed by atoms with Gasteiger partial charge in [-0.1, -0.05) is 0 Å². The Morgan fingerprint density at radius 2 is 1.50 bits per heavy atom. The molecule has 0 unspecified atom stereocenters. The highest BCUT2D eigenvalue weighted by atomic mass is 28.3. The van der Waals surface area contributed by atoms with E-state index in [-0.39, 0.29) is 0 Å². The van der Waals surface area contributed by atoms with Crippen molar-refractivity contribution in [3.63, 3.8) is 0 Å². The first kappa shape index (κ1) is 6.10. The minimum absolute atomic E-state index is 1.42. The van der Waals surface area contributed by atoms with Gasteiger partial charge in [0.25, 0.3) is 0 Å². The van der Waals surface area contributed by atoms with Crippen LogP contribution in [0.25, 0.3) is 0 Å². The van der Waals surface area contributed by atoms with Crippen LogP contribution in [0.3, 0.4) is 0 Å². The van der Waals surface area contributed by atoms with Crippen LogP contribution in [-0.2, 0) is 0 Å². The molecule has 0 radical (unpaired) electrons. The molecule has 0 bridgehead atoms. The highest BCUT2D eigenvalue weighted by Crippen LogP contribution is 1.69. The fraction of sp³-hybridized carbons (Fsp3) is 1.00. The predicted octanol–water partition coefficient (Wildman–Crippen LogP) is -1.75. The largest absolute Gasteiger partial charge is 0.405 e. The molecule has 38 valence electrons. The molecule has 0 aromatic rings. The van der Waals surface area contributed by atoms with Gasteiger partial charge in [-0.05, 0) is 14.1 Å². The standard InChI is InChI=1S/C2H9NO2Si/c1-3(2)6(4)5/h4-6H,1-2H3. The van der Waals surface area contributed by atoms with Crippen molar-refractivity contribution < 1.29 is 9.59 Å². The molecular weight excluding hydrogens is 98.1 g/mol. The van der Waals surface area contributed by atoms with Gasteiger partial charge in [-0.2, -0.15) is 0 Å². The molecule has 0 aliphatic rings. The zero-order valence-corrected chi connectivity index (χ0v) is 5.07. The van der Waals surface area contributed by atoms with Crippen molar-refractivity contribution in [1.29, 1.82) is 0 Å². The van der Waals surface area contributed by atoms with Crippen LogP contribution in [0.15, 0.2) is 0 Å². The molecule has 4 heteroatoms. The van der Waals surface area contributed by atoms with Crippen molar-refractivity contribution in [3.8, 4) is 0 Å². The Hall–Kier alpha value is 0.0969. The third-order valence-corrected chi connectivity index (χ3v) is 1.39. The van der Waals surface area contributed by atoms with E-state index in [2.05, 4.69) is 0 Å². The lowest BCUT2D eigenvalue weighted by atomic mass is 11.3. The minimum Gasteiger partial charge on any atom is -0.401 e. The quantitative estimate of drug-likeness (QED) is 0.391. The first-order valence-electron chi connectivity index (χ1n) is 1.67. The first-order valence-corrected chi connectivity index (χ1v) is 3.22. The van der Waals surface area contributed by atoms with Crippen molar-refractivity contribution in [2.45, 2.75) is 0 Å². The van der Waals surface area contributed by atoms with Crippen LogP contribution in [0, 0.1) is 0 Å². The maximum atomic E-state index is 8.25. The predicted molar refractivity (Wildman–Crippen MR) is 25.3 cm³/mol. The molecule has 0 aromatic carbocycles. The van der Waals surface area contributed by atoms with E-state index in [1.165, 1.54) is 4.57 Å². The van der Waals surface area contributed by atoms with Gasteiger partial charge in [0, 0.05) is 0 Å². The van der Waals surface area contributed by atoms with Gasteiger partial charge in [0.1, 0.15) is 0 Å². The van der Waals surface area contributed by atoms with Gasteiger partial charge in [-0.25, -0.2) is 0 Å². The maximum Gasteiger partial charge on any atom is 0.405 e. The second kappa shape index (κ2) is 2.30. The first-order chi connectivity index (χ1) is 2.64. The summed E-state index contributed by atoms with van der Waals surface area (Å²) < 4.78 is 1.42. The average molecular weight is 107 g/mol. The van der Waals surface area contributed by atoms with E-state index in [4.69, 9.17) is 9.59 Å². The van der Waals surface area contributed by atoms with E-state index >= 15 is 0 Å². The third-order valence-electron chi connectivity index (χ3n) is 0.462. The summed E-state index contributed by atoms with van der Waals surface area (Å²) in [6.07, 6.45) is 0. The molecule has 0 aliphatic heterocycles. The molecule has 6 heavy (non-hydrogen) atoms. The van der Waals surface area contributed by atoms with E-state index in [0.717, 1.165) is 0 Å². The summed E-state index contributed by atoms with van der Waals surface area (Å²) in [6.45, 7) is 0. The molecule has 0 spiro atoms. The monoisotopic (exact) mass is 107 g/mol. The van der Waals surface area contributed by atoms with Crippen LogP contribution in [0.4, 0.5) is 0 Å². The molecule has 0 amide bonds. The van der Waals surface area contributed by atoms with Crippen molar-refractivity contribution >= 4 is 9.45 Å². The summed E-state index contributed by atoms with van der Waals surface area (Å²) in [7, 11) is 0.861. The average Bonchev–Trinajstić information content (AvgIpc) is 1.36. The third kappa shape index (κ3) is 2.34. The van der Waals surface area contributed by atoms with Crippen LogP contribution < -0.4 is 0 Å². The minimum atomic E-state index is -2.41. The summed E-state index contributed by atoms with van der Waals surface area (Å²) >= 11 is 0. The number of hydrogen-bond donors (Lipinski definition) is 2. The Balaban J connectivity index is 2.99. The number of nitrogens with zero attached hydrogens (tertiary/aromatic N) is 1. The highest BCUT2D eigenvalue weighted by molar-refractivity contribution is 6.37. The number of hydrogen-bond acceptors (Lipinski definition) is 3. The SMILES string of the molecule is CN(C)[SiH](O)O. The Morgan fingerprint density at radius 3 is 1.50 bits per heavy atom. The van der Waals surface area contributed by atoms with Gasteiger partial charge in [0.05, 0.1) is 0 Å². The van der Waals surface area contributed by atoms with Crippen molar-refractivity contribution in [3.05, 3.63) is 0 Å². The van der Waals surface area contributed by atoms with E-state index in [9.17, 15) is 0 Å². The van der Waals surface area contributed by atoms with Crippen LogP contribution in [0.1, 0.15) is 0 Å². The van der Waals surface area contributed by atoms with Gasteiger partial charge < -0.3 is 9.59 Å². The van der Waals surface area contributed by atoms with E-state index in [1.807, 2.05) is 0 Å². The molecule has 0 aliphatic carbocycles. The van der Waals surface area contributed by atoms with Crippen LogP contribution in [0.2, 0.25) is 0 Å². The fourth-order valence-corrected chi connectivity index (χ4v) is 0. The second-order valence-corrected chi connectivity index (χ2v) is 3.04. The normalized spacial score (nSPS) is 11.0. The Labute approximate surface area is 38.8 Å². The molecular formula is C2H9NO2Si. The van der Waals surface area contributed by atoms with Gasteiger partial charge in [0.15, 0.2) is 0 Å². The van der Waals surface area contributed by atoms with Gasteiger partial charge in [-0.15, -0.1) is 0 Å². The van der Waals surface area contributed by atoms with Crippen LogP contribution in [0.5, 0.6) is 0 Å². The molecule has 2 N–H and O–H groups in total. The maximum absolute atomic E-state index is 8.25. The second-order valence-electron chi connectivity index (χ2n) is 1.31. The van der Waals surface area contributed by atoms with Crippen molar-refractivity contribution in [2.24, 2.45) is 0 Å². The summed E-state index contributed by atoms with van der Waals surface area (Å²) in [5.74, 6) is 0. The van der Waals surface area contributed by atoms with Gasteiger partial charge in [-0.3, -0.25) is 4.57 Å². The Morgan fingerprint density at radius 1 is 1.33 bits per heavy atom. The van der Waals surface area contributed by atoms with Gasteiger partial charge >= 0.3 is 9.45 Å². The highest BCUT2D eigenvalue weighted by Gasteiger charge is 2.01. The topological polar surface area (TPSA) is 43.7 Å². The lowest BCUT2D eigenvalue weighted by Crippen LogP contribution is -2.32. The molecule has 0 fully saturated rings. The number of rotatable bonds is 1. The molecule has 0 atom stereocenters. The summed E-state index contributed by atoms with van der Waals surface area (Å²) in [4.78, 5) is 16.5. The zero-order valence-electron chi connectivity index (χ0n) is 3.92. The van der Waals surface area contributed by atoms with Crippen molar-refractivity contribution in [1.82, 2.24) is 4.57 Å². The molecule has 0 saturated carbocycles. The summed E-state index contributed by atoms with van der Waals surface area (Å²) in [6, 6.07) is 0. The molecule has 0 aromatic heterocycles. The van der Waals surface area contributed by atoms with E-state index < -0.39 is 9.45 Å². The summed E-state index contributed by atoms with van der Waals surface area (Å²) in [5.41, 5.74) is 0. The van der Waals surface area contributed by atoms with E-state index in [0.29, 0.717) is 0 Å². The summed E-state index contributed by atoms with van der Waals surface area (Å²) in [5, 5.41) is 0. The lowest BCUT2D eigenvalue weighted by Gasteiger charge is -2.06. The molecule has 0 rings (SSSR count). The zero-order chi connectivity index (χ0) is 5.15. The van der Waals surface area contributed by atoms with Crippen LogP contribution in [-0.4, -0.2) is 37.7 Å². The molecule has 0 saturated heterocycles. The molecule has 3 nitrogen and oxygen atoms in total. The van der Waals surface area contributed by atoms with E-state index in [1.54, 1.807) is 14.1 Å². The Bertz CT molecular complexity index is 32.5. The smallest absolute Gasteiger partial charge is 0.401 e. The fourth-order valence-electron chi connectivity index (χ4n) is 0. The van der Waals surface area contributed by atoms with Gasteiger partial charge in [0.2, 0.25) is 0 Å². The lowest BCUT2D eigenvalue weighted by molar-refractivity contribution is 0.324. The van der Waals surface area contributed by atoms with Crippen LogP contribution >= 0.6 is 0 Å². The molecule has 0 heterocycles. The van der Waals surface area contributed by atoms with Crippen molar-refractivity contribution in [2.75, 3.05) is 14.1 Å². The Kier molecular flexibility index (Phi) is 2.34.